The SMILES string of the molecule is CC(C)(CNCC=O)c1ccc2c(c1)NC(=O)CO2. The Morgan fingerprint density at radius 2 is 2.26 bits per heavy atom. The first-order valence-corrected chi connectivity index (χ1v) is 6.24. The van der Waals surface area contributed by atoms with Crippen LogP contribution in [0.25, 0.3) is 0 Å². The minimum Gasteiger partial charge on any atom is -0.482 e. The maximum atomic E-state index is 11.3. The van der Waals surface area contributed by atoms with Crippen molar-refractivity contribution in [2.45, 2.75) is 19.3 Å². The molecule has 5 nitrogen and oxygen atoms in total. The van der Waals surface area contributed by atoms with Crippen LogP contribution in [0.2, 0.25) is 0 Å². The van der Waals surface area contributed by atoms with Gasteiger partial charge in [-0.3, -0.25) is 4.79 Å². The minimum absolute atomic E-state index is 0.0661. The van der Waals surface area contributed by atoms with E-state index in [4.69, 9.17) is 4.74 Å². The molecule has 0 fully saturated rings. The van der Waals surface area contributed by atoms with E-state index in [2.05, 4.69) is 24.5 Å². The number of amides is 1. The van der Waals surface area contributed by atoms with E-state index < -0.39 is 0 Å². The van der Waals surface area contributed by atoms with E-state index in [9.17, 15) is 9.59 Å². The molecule has 19 heavy (non-hydrogen) atoms. The lowest BCUT2D eigenvalue weighted by atomic mass is 9.84. The number of ether oxygens (including phenoxy) is 1. The van der Waals surface area contributed by atoms with Gasteiger partial charge in [-0.25, -0.2) is 0 Å². The fraction of sp³-hybridized carbons (Fsp3) is 0.429. The van der Waals surface area contributed by atoms with Crippen molar-refractivity contribution in [1.29, 1.82) is 0 Å². The van der Waals surface area contributed by atoms with Crippen LogP contribution in [0, 0.1) is 0 Å². The number of hydrogen-bond donors (Lipinski definition) is 2. The van der Waals surface area contributed by atoms with Crippen molar-refractivity contribution >= 4 is 17.9 Å². The van der Waals surface area contributed by atoms with Crippen LogP contribution in [0.1, 0.15) is 19.4 Å². The van der Waals surface area contributed by atoms with Gasteiger partial charge in [0.1, 0.15) is 12.0 Å². The van der Waals surface area contributed by atoms with Gasteiger partial charge < -0.3 is 20.2 Å². The second kappa shape index (κ2) is 5.40. The summed E-state index contributed by atoms with van der Waals surface area (Å²) < 4.78 is 5.33. The van der Waals surface area contributed by atoms with Crippen LogP contribution in [-0.4, -0.2) is 31.9 Å². The van der Waals surface area contributed by atoms with Crippen molar-refractivity contribution in [2.24, 2.45) is 0 Å². The number of carbonyl (C=O) groups is 2. The van der Waals surface area contributed by atoms with Gasteiger partial charge in [-0.05, 0) is 17.7 Å². The van der Waals surface area contributed by atoms with Gasteiger partial charge in [0.15, 0.2) is 6.61 Å². The van der Waals surface area contributed by atoms with Crippen LogP contribution in [0.4, 0.5) is 5.69 Å². The van der Waals surface area contributed by atoms with Crippen LogP contribution < -0.4 is 15.4 Å². The lowest BCUT2D eigenvalue weighted by molar-refractivity contribution is -0.118. The van der Waals surface area contributed by atoms with Gasteiger partial charge in [-0.2, -0.15) is 0 Å². The predicted molar refractivity (Wildman–Crippen MR) is 72.5 cm³/mol. The van der Waals surface area contributed by atoms with E-state index in [1.807, 2.05) is 18.2 Å². The number of aldehydes is 1. The fourth-order valence-electron chi connectivity index (χ4n) is 2.05. The zero-order chi connectivity index (χ0) is 13.9. The Morgan fingerprint density at radius 3 is 3.00 bits per heavy atom. The predicted octanol–water partition coefficient (Wildman–Crippen LogP) is 1.08. The molecule has 0 aliphatic carbocycles. The van der Waals surface area contributed by atoms with Crippen molar-refractivity contribution < 1.29 is 14.3 Å². The van der Waals surface area contributed by atoms with E-state index >= 15 is 0 Å². The maximum absolute atomic E-state index is 11.3. The van der Waals surface area contributed by atoms with Crippen LogP contribution in [0.3, 0.4) is 0 Å². The largest absolute Gasteiger partial charge is 0.482 e. The number of carbonyl (C=O) groups excluding carboxylic acids is 2. The summed E-state index contributed by atoms with van der Waals surface area (Å²) in [5.41, 5.74) is 1.65. The first kappa shape index (κ1) is 13.5. The van der Waals surface area contributed by atoms with E-state index in [1.165, 1.54) is 0 Å². The summed E-state index contributed by atoms with van der Waals surface area (Å²) in [6.07, 6.45) is 0.844. The summed E-state index contributed by atoms with van der Waals surface area (Å²) in [5.74, 6) is 0.557. The summed E-state index contributed by atoms with van der Waals surface area (Å²) in [7, 11) is 0. The fourth-order valence-corrected chi connectivity index (χ4v) is 2.05. The lowest BCUT2D eigenvalue weighted by Crippen LogP contribution is -2.34. The van der Waals surface area contributed by atoms with Gasteiger partial charge in [0, 0.05) is 12.0 Å². The van der Waals surface area contributed by atoms with Gasteiger partial charge in [0.2, 0.25) is 0 Å². The summed E-state index contributed by atoms with van der Waals surface area (Å²) in [6, 6.07) is 5.78. The minimum atomic E-state index is -0.139. The number of rotatable bonds is 5. The van der Waals surface area contributed by atoms with E-state index in [0.29, 0.717) is 24.5 Å². The highest BCUT2D eigenvalue weighted by molar-refractivity contribution is 5.95. The normalized spacial score (nSPS) is 14.3. The van der Waals surface area contributed by atoms with Gasteiger partial charge >= 0.3 is 0 Å². The average molecular weight is 262 g/mol. The molecular weight excluding hydrogens is 244 g/mol. The smallest absolute Gasteiger partial charge is 0.262 e. The van der Waals surface area contributed by atoms with E-state index in [-0.39, 0.29) is 17.9 Å². The molecule has 1 aromatic carbocycles. The summed E-state index contributed by atoms with van der Waals surface area (Å²) in [6.45, 7) is 5.25. The first-order valence-electron chi connectivity index (χ1n) is 6.24. The molecule has 1 aliphatic heterocycles. The molecule has 2 rings (SSSR count). The van der Waals surface area contributed by atoms with Crippen molar-refractivity contribution in [1.82, 2.24) is 5.32 Å². The Balaban J connectivity index is 2.18. The highest BCUT2D eigenvalue weighted by atomic mass is 16.5. The second-order valence-corrected chi connectivity index (χ2v) is 5.23. The molecule has 0 unspecified atom stereocenters. The van der Waals surface area contributed by atoms with E-state index in [0.717, 1.165) is 11.8 Å². The molecule has 0 bridgehead atoms. The molecule has 0 radical (unpaired) electrons. The van der Waals surface area contributed by atoms with Crippen molar-refractivity contribution in [3.8, 4) is 5.75 Å². The number of anilines is 1. The Labute approximate surface area is 112 Å². The molecule has 5 heteroatoms. The number of benzene rings is 1. The molecule has 0 spiro atoms. The van der Waals surface area contributed by atoms with Crippen LogP contribution in [-0.2, 0) is 15.0 Å². The molecule has 1 aliphatic rings. The Morgan fingerprint density at radius 1 is 1.47 bits per heavy atom. The Hall–Kier alpha value is -1.88. The maximum Gasteiger partial charge on any atom is 0.262 e. The molecule has 0 saturated heterocycles. The number of hydrogen-bond acceptors (Lipinski definition) is 4. The standard InChI is InChI=1S/C14H18N2O3/c1-14(2,9-15-5-6-17)10-3-4-12-11(7-10)16-13(18)8-19-12/h3-4,6-7,15H,5,8-9H2,1-2H3,(H,16,18). The monoisotopic (exact) mass is 262 g/mol. The van der Waals surface area contributed by atoms with Crippen LogP contribution in [0.15, 0.2) is 18.2 Å². The van der Waals surface area contributed by atoms with Gasteiger partial charge in [-0.15, -0.1) is 0 Å². The third-order valence-corrected chi connectivity index (χ3v) is 3.19. The van der Waals surface area contributed by atoms with Crippen LogP contribution >= 0.6 is 0 Å². The average Bonchev–Trinajstić information content (AvgIpc) is 2.38. The zero-order valence-corrected chi connectivity index (χ0v) is 11.2. The molecule has 1 heterocycles. The third kappa shape index (κ3) is 3.12. The summed E-state index contributed by atoms with van der Waals surface area (Å²) in [4.78, 5) is 21.6. The molecule has 102 valence electrons. The molecule has 0 atom stereocenters. The Kier molecular flexibility index (Phi) is 3.85. The third-order valence-electron chi connectivity index (χ3n) is 3.19. The molecule has 0 saturated carbocycles. The van der Waals surface area contributed by atoms with Gasteiger partial charge in [0.05, 0.1) is 12.2 Å². The number of fused-ring (bicyclic) bond motifs is 1. The van der Waals surface area contributed by atoms with Crippen molar-refractivity contribution in [3.05, 3.63) is 23.8 Å². The summed E-state index contributed by atoms with van der Waals surface area (Å²) >= 11 is 0. The summed E-state index contributed by atoms with van der Waals surface area (Å²) in [5, 5.41) is 5.88. The zero-order valence-electron chi connectivity index (χ0n) is 11.2. The molecule has 1 aromatic rings. The number of nitrogens with one attached hydrogen (secondary N) is 2. The quantitative estimate of drug-likeness (QED) is 0.615. The highest BCUT2D eigenvalue weighted by Gasteiger charge is 2.23. The molecule has 1 amide bonds. The van der Waals surface area contributed by atoms with Crippen LogP contribution in [0.5, 0.6) is 5.75 Å². The lowest BCUT2D eigenvalue weighted by Gasteiger charge is -2.27. The Bertz CT molecular complexity index is 497. The van der Waals surface area contributed by atoms with Crippen molar-refractivity contribution in [3.63, 3.8) is 0 Å². The van der Waals surface area contributed by atoms with Gasteiger partial charge in [0.25, 0.3) is 5.91 Å². The highest BCUT2D eigenvalue weighted by Crippen LogP contribution is 2.33. The molecule has 2 N–H and O–H groups in total. The second-order valence-electron chi connectivity index (χ2n) is 5.23. The molecule has 0 aromatic heterocycles. The van der Waals surface area contributed by atoms with E-state index in [1.54, 1.807) is 0 Å². The molecular formula is C14H18N2O3. The van der Waals surface area contributed by atoms with Crippen molar-refractivity contribution in [2.75, 3.05) is 25.0 Å². The topological polar surface area (TPSA) is 67.4 Å². The van der Waals surface area contributed by atoms with Gasteiger partial charge in [-0.1, -0.05) is 19.9 Å². The first-order chi connectivity index (χ1) is 9.03.